The highest BCUT2D eigenvalue weighted by atomic mass is 35.5. The van der Waals surface area contributed by atoms with Crippen LogP contribution in [0.4, 0.5) is 0 Å². The molecule has 0 saturated carbocycles. The summed E-state index contributed by atoms with van der Waals surface area (Å²) < 4.78 is 0. The highest BCUT2D eigenvalue weighted by Gasteiger charge is 1.91. The SMILES string of the molecule is CCCCCCCCCCCCCCl. The lowest BCUT2D eigenvalue weighted by molar-refractivity contribution is 0.555. The van der Waals surface area contributed by atoms with Crippen molar-refractivity contribution in [2.24, 2.45) is 0 Å². The van der Waals surface area contributed by atoms with Gasteiger partial charge in [0.2, 0.25) is 0 Å². The molecule has 0 nitrogen and oxygen atoms in total. The van der Waals surface area contributed by atoms with Crippen molar-refractivity contribution >= 4 is 11.6 Å². The Kier molecular flexibility index (Phi) is 13.6. The van der Waals surface area contributed by atoms with Crippen LogP contribution in [-0.4, -0.2) is 5.88 Å². The average Bonchev–Trinajstić information content (AvgIpc) is 2.21. The zero-order valence-electron chi connectivity index (χ0n) is 9.86. The summed E-state index contributed by atoms with van der Waals surface area (Å²) in [5.74, 6) is 0.844. The Bertz CT molecular complexity index is 79.2. The highest BCUT2D eigenvalue weighted by molar-refractivity contribution is 6.17. The molecule has 0 fully saturated rings. The van der Waals surface area contributed by atoms with Gasteiger partial charge >= 0.3 is 0 Å². The monoisotopic (exact) mass is 218 g/mol. The highest BCUT2D eigenvalue weighted by Crippen LogP contribution is 2.11. The minimum atomic E-state index is 0.844. The molecule has 0 unspecified atom stereocenters. The third-order valence-corrected chi connectivity index (χ3v) is 3.00. The number of unbranched alkanes of at least 4 members (excludes halogenated alkanes) is 10. The summed E-state index contributed by atoms with van der Waals surface area (Å²) in [4.78, 5) is 0. The number of hydrogen-bond acceptors (Lipinski definition) is 0. The molecule has 0 spiro atoms. The Hall–Kier alpha value is 0.290. The summed E-state index contributed by atoms with van der Waals surface area (Å²) in [5, 5.41) is 0. The minimum Gasteiger partial charge on any atom is -0.127 e. The molecule has 0 saturated heterocycles. The van der Waals surface area contributed by atoms with E-state index in [1.165, 1.54) is 70.6 Å². The molecule has 1 heteroatoms. The van der Waals surface area contributed by atoms with Crippen molar-refractivity contribution in [3.63, 3.8) is 0 Å². The first-order valence-corrected chi connectivity index (χ1v) is 7.01. The summed E-state index contributed by atoms with van der Waals surface area (Å²) in [6, 6.07) is 0. The lowest BCUT2D eigenvalue weighted by Gasteiger charge is -2.01. The second-order valence-corrected chi connectivity index (χ2v) is 4.60. The summed E-state index contributed by atoms with van der Waals surface area (Å²) in [6.45, 7) is 2.27. The van der Waals surface area contributed by atoms with E-state index in [1.807, 2.05) is 0 Å². The molecule has 0 heterocycles. The number of halogens is 1. The molecule has 0 aromatic carbocycles. The fourth-order valence-corrected chi connectivity index (χ4v) is 1.95. The smallest absolute Gasteiger partial charge is 0.0223 e. The second-order valence-electron chi connectivity index (χ2n) is 4.22. The molecule has 0 aliphatic heterocycles. The van der Waals surface area contributed by atoms with Gasteiger partial charge in [0, 0.05) is 5.88 Å². The summed E-state index contributed by atoms with van der Waals surface area (Å²) in [6.07, 6.45) is 15.4. The molecule has 14 heavy (non-hydrogen) atoms. The van der Waals surface area contributed by atoms with Crippen LogP contribution < -0.4 is 0 Å². The predicted molar refractivity (Wildman–Crippen MR) is 67.2 cm³/mol. The molecule has 86 valence electrons. The molecule has 0 atom stereocenters. The van der Waals surface area contributed by atoms with Gasteiger partial charge in [-0.25, -0.2) is 0 Å². The maximum absolute atomic E-state index is 5.61. The van der Waals surface area contributed by atoms with Crippen molar-refractivity contribution in [3.05, 3.63) is 0 Å². The van der Waals surface area contributed by atoms with Crippen molar-refractivity contribution in [3.8, 4) is 0 Å². The van der Waals surface area contributed by atoms with Crippen LogP contribution in [0.3, 0.4) is 0 Å². The zero-order valence-corrected chi connectivity index (χ0v) is 10.6. The second kappa shape index (κ2) is 13.3. The third-order valence-electron chi connectivity index (χ3n) is 2.74. The summed E-state index contributed by atoms with van der Waals surface area (Å²) in [7, 11) is 0. The van der Waals surface area contributed by atoms with Crippen molar-refractivity contribution in [1.82, 2.24) is 0 Å². The summed E-state index contributed by atoms with van der Waals surface area (Å²) >= 11 is 5.61. The van der Waals surface area contributed by atoms with Gasteiger partial charge in [0.25, 0.3) is 0 Å². The van der Waals surface area contributed by atoms with Crippen molar-refractivity contribution in [1.29, 1.82) is 0 Å². The molecule has 0 aromatic rings. The topological polar surface area (TPSA) is 0 Å². The number of rotatable bonds is 11. The Morgan fingerprint density at radius 3 is 1.29 bits per heavy atom. The van der Waals surface area contributed by atoms with Crippen molar-refractivity contribution < 1.29 is 0 Å². The lowest BCUT2D eigenvalue weighted by Crippen LogP contribution is -1.82. The molecule has 0 aliphatic carbocycles. The van der Waals surface area contributed by atoms with Crippen LogP contribution in [0.25, 0.3) is 0 Å². The Morgan fingerprint density at radius 1 is 0.571 bits per heavy atom. The molecule has 0 amide bonds. The Morgan fingerprint density at radius 2 is 0.929 bits per heavy atom. The number of alkyl halides is 1. The first kappa shape index (κ1) is 14.3. The van der Waals surface area contributed by atoms with Gasteiger partial charge < -0.3 is 0 Å². The van der Waals surface area contributed by atoms with E-state index in [-0.39, 0.29) is 0 Å². The standard InChI is InChI=1S/C13H27Cl/c1-2-3-4-5-6-7-8-9-10-11-12-13-14/h2-13H2,1H3. The van der Waals surface area contributed by atoms with Gasteiger partial charge in [0.1, 0.15) is 0 Å². The predicted octanol–water partition coefficient (Wildman–Crippen LogP) is 5.54. The maximum atomic E-state index is 5.61. The largest absolute Gasteiger partial charge is 0.127 e. The zero-order chi connectivity index (χ0) is 10.5. The Labute approximate surface area is 95.4 Å². The first-order valence-electron chi connectivity index (χ1n) is 6.47. The van der Waals surface area contributed by atoms with Gasteiger partial charge in [-0.1, -0.05) is 71.1 Å². The molecule has 0 bridgehead atoms. The van der Waals surface area contributed by atoms with Gasteiger partial charge in [-0.05, 0) is 6.42 Å². The van der Waals surface area contributed by atoms with Crippen molar-refractivity contribution in [2.75, 3.05) is 5.88 Å². The molecule has 0 N–H and O–H groups in total. The van der Waals surface area contributed by atoms with E-state index in [0.717, 1.165) is 5.88 Å². The van der Waals surface area contributed by atoms with Crippen LogP contribution in [0.1, 0.15) is 77.6 Å². The van der Waals surface area contributed by atoms with Gasteiger partial charge in [0.05, 0.1) is 0 Å². The van der Waals surface area contributed by atoms with Crippen LogP contribution in [0, 0.1) is 0 Å². The fraction of sp³-hybridized carbons (Fsp3) is 1.00. The third kappa shape index (κ3) is 12.3. The van der Waals surface area contributed by atoms with Gasteiger partial charge in [-0.15, -0.1) is 11.6 Å². The van der Waals surface area contributed by atoms with Gasteiger partial charge in [-0.3, -0.25) is 0 Å². The van der Waals surface area contributed by atoms with E-state index in [9.17, 15) is 0 Å². The Balaban J connectivity index is 2.78. The van der Waals surface area contributed by atoms with E-state index >= 15 is 0 Å². The van der Waals surface area contributed by atoms with E-state index < -0.39 is 0 Å². The minimum absolute atomic E-state index is 0.844. The van der Waals surface area contributed by atoms with Gasteiger partial charge in [0.15, 0.2) is 0 Å². The van der Waals surface area contributed by atoms with E-state index in [4.69, 9.17) is 11.6 Å². The quantitative estimate of drug-likeness (QED) is 0.316. The molecule has 0 aliphatic rings. The van der Waals surface area contributed by atoms with Crippen molar-refractivity contribution in [2.45, 2.75) is 77.6 Å². The molecule has 0 rings (SSSR count). The lowest BCUT2D eigenvalue weighted by atomic mass is 10.1. The van der Waals surface area contributed by atoms with E-state index in [1.54, 1.807) is 0 Å². The maximum Gasteiger partial charge on any atom is 0.0223 e. The molecular weight excluding hydrogens is 192 g/mol. The van der Waals surface area contributed by atoms with Crippen LogP contribution in [0.15, 0.2) is 0 Å². The summed E-state index contributed by atoms with van der Waals surface area (Å²) in [5.41, 5.74) is 0. The first-order chi connectivity index (χ1) is 6.91. The van der Waals surface area contributed by atoms with E-state index in [2.05, 4.69) is 6.92 Å². The molecular formula is C13H27Cl. The van der Waals surface area contributed by atoms with Crippen LogP contribution in [-0.2, 0) is 0 Å². The van der Waals surface area contributed by atoms with Crippen LogP contribution >= 0.6 is 11.6 Å². The molecule has 0 radical (unpaired) electrons. The fourth-order valence-electron chi connectivity index (χ4n) is 1.76. The van der Waals surface area contributed by atoms with E-state index in [0.29, 0.717) is 0 Å². The normalized spacial score (nSPS) is 10.7. The van der Waals surface area contributed by atoms with Gasteiger partial charge in [-0.2, -0.15) is 0 Å². The van der Waals surface area contributed by atoms with Crippen LogP contribution in [0.2, 0.25) is 0 Å². The molecule has 0 aromatic heterocycles. The van der Waals surface area contributed by atoms with Crippen LogP contribution in [0.5, 0.6) is 0 Å². The average molecular weight is 219 g/mol. The number of hydrogen-bond donors (Lipinski definition) is 0.